The molecule has 0 heterocycles. The summed E-state index contributed by atoms with van der Waals surface area (Å²) < 4.78 is 0. The quantitative estimate of drug-likeness (QED) is 0.815. The number of halogens is 1. The molecule has 108 valence electrons. The molecule has 4 heteroatoms. The molecule has 2 rings (SSSR count). The molecule has 3 nitrogen and oxygen atoms in total. The molecule has 1 atom stereocenters. The molecule has 0 aliphatic rings. The van der Waals surface area contributed by atoms with E-state index in [4.69, 9.17) is 16.7 Å². The Hall–Kier alpha value is -2.13. The Morgan fingerprint density at radius 3 is 2.33 bits per heavy atom. The van der Waals surface area contributed by atoms with Gasteiger partial charge in [-0.2, -0.15) is 0 Å². The normalized spacial score (nSPS) is 11.9. The Labute approximate surface area is 128 Å². The molecule has 0 spiro atoms. The fraction of sp³-hybridized carbons (Fsp3) is 0.176. The molecule has 1 N–H and O–H groups in total. The summed E-state index contributed by atoms with van der Waals surface area (Å²) >= 11 is 5.88. The van der Waals surface area contributed by atoms with E-state index >= 15 is 0 Å². The van der Waals surface area contributed by atoms with Crippen LogP contribution < -0.4 is 0 Å². The summed E-state index contributed by atoms with van der Waals surface area (Å²) in [4.78, 5) is 23.3. The van der Waals surface area contributed by atoms with Crippen molar-refractivity contribution in [2.75, 3.05) is 0 Å². The zero-order valence-electron chi connectivity index (χ0n) is 11.3. The number of carboxylic acid groups (broad SMARTS) is 1. The number of ketones is 1. The topological polar surface area (TPSA) is 54.4 Å². The van der Waals surface area contributed by atoms with Crippen LogP contribution in [0.3, 0.4) is 0 Å². The minimum atomic E-state index is -0.914. The third kappa shape index (κ3) is 4.43. The highest BCUT2D eigenvalue weighted by Crippen LogP contribution is 2.26. The van der Waals surface area contributed by atoms with E-state index in [2.05, 4.69) is 0 Å². The first-order valence-corrected chi connectivity index (χ1v) is 6.99. The van der Waals surface area contributed by atoms with Crippen molar-refractivity contribution >= 4 is 23.4 Å². The molecule has 2 aromatic rings. The van der Waals surface area contributed by atoms with Gasteiger partial charge < -0.3 is 5.11 Å². The molecule has 0 fully saturated rings. The van der Waals surface area contributed by atoms with Crippen molar-refractivity contribution in [3.63, 3.8) is 0 Å². The largest absolute Gasteiger partial charge is 0.481 e. The first-order chi connectivity index (χ1) is 10.1. The summed E-state index contributed by atoms with van der Waals surface area (Å²) in [6.45, 7) is 0. The second kappa shape index (κ2) is 7.04. The van der Waals surface area contributed by atoms with Crippen LogP contribution >= 0.6 is 11.6 Å². The van der Waals surface area contributed by atoms with Crippen LogP contribution in [0.2, 0.25) is 5.02 Å². The van der Waals surface area contributed by atoms with Crippen molar-refractivity contribution in [3.8, 4) is 0 Å². The van der Waals surface area contributed by atoms with Crippen LogP contribution in [0, 0.1) is 0 Å². The average Bonchev–Trinajstić information content (AvgIpc) is 2.47. The van der Waals surface area contributed by atoms with E-state index < -0.39 is 5.97 Å². The number of aliphatic carboxylic acids is 1. The van der Waals surface area contributed by atoms with E-state index in [1.54, 1.807) is 24.3 Å². The van der Waals surface area contributed by atoms with Crippen molar-refractivity contribution in [2.24, 2.45) is 0 Å². The first-order valence-electron chi connectivity index (χ1n) is 6.62. The lowest BCUT2D eigenvalue weighted by Gasteiger charge is -2.14. The van der Waals surface area contributed by atoms with Crippen LogP contribution in [0.1, 0.15) is 34.7 Å². The van der Waals surface area contributed by atoms with E-state index in [1.807, 2.05) is 30.3 Å². The minimum absolute atomic E-state index is 0.0731. The Bertz CT molecular complexity index is 637. The lowest BCUT2D eigenvalue weighted by atomic mass is 9.89. The van der Waals surface area contributed by atoms with Gasteiger partial charge in [0.15, 0.2) is 5.78 Å². The molecule has 0 bridgehead atoms. The number of benzene rings is 2. The average molecular weight is 303 g/mol. The van der Waals surface area contributed by atoms with Crippen LogP contribution in [0.5, 0.6) is 0 Å². The number of carbonyl (C=O) groups is 2. The van der Waals surface area contributed by atoms with Gasteiger partial charge in [-0.3, -0.25) is 9.59 Å². The van der Waals surface area contributed by atoms with Crippen LogP contribution in [0.4, 0.5) is 0 Å². The monoisotopic (exact) mass is 302 g/mol. The molecule has 0 radical (unpaired) electrons. The van der Waals surface area contributed by atoms with E-state index in [9.17, 15) is 9.59 Å². The molecular formula is C17H15ClO3. The van der Waals surface area contributed by atoms with E-state index in [0.29, 0.717) is 10.6 Å². The maximum atomic E-state index is 12.3. The lowest BCUT2D eigenvalue weighted by molar-refractivity contribution is -0.137. The van der Waals surface area contributed by atoms with Crippen molar-refractivity contribution in [2.45, 2.75) is 18.8 Å². The fourth-order valence-electron chi connectivity index (χ4n) is 2.25. The van der Waals surface area contributed by atoms with Gasteiger partial charge in [-0.05, 0) is 17.7 Å². The highest BCUT2D eigenvalue weighted by atomic mass is 35.5. The van der Waals surface area contributed by atoms with E-state index in [1.165, 1.54) is 0 Å². The number of Topliss-reactive ketones (excluding diaryl/α,β-unsaturated/α-hetero) is 1. The van der Waals surface area contributed by atoms with Gasteiger partial charge in [-0.25, -0.2) is 0 Å². The van der Waals surface area contributed by atoms with Gasteiger partial charge in [-0.15, -0.1) is 0 Å². The third-order valence-electron chi connectivity index (χ3n) is 3.27. The molecule has 0 saturated carbocycles. The predicted molar refractivity (Wildman–Crippen MR) is 81.8 cm³/mol. The standard InChI is InChI=1S/C17H15ClO3/c18-15-8-4-7-13(9-15)16(19)10-14(11-17(20)21)12-5-2-1-3-6-12/h1-9,14H,10-11H2,(H,20,21). The highest BCUT2D eigenvalue weighted by Gasteiger charge is 2.20. The molecule has 0 aromatic heterocycles. The lowest BCUT2D eigenvalue weighted by Crippen LogP contribution is -2.12. The molecular weight excluding hydrogens is 288 g/mol. The van der Waals surface area contributed by atoms with Crippen molar-refractivity contribution in [1.29, 1.82) is 0 Å². The molecule has 1 unspecified atom stereocenters. The Kier molecular flexibility index (Phi) is 5.12. The zero-order valence-corrected chi connectivity index (χ0v) is 12.1. The van der Waals surface area contributed by atoms with Crippen LogP contribution in [-0.4, -0.2) is 16.9 Å². The van der Waals surface area contributed by atoms with E-state index in [0.717, 1.165) is 5.56 Å². The van der Waals surface area contributed by atoms with Crippen molar-refractivity contribution in [3.05, 3.63) is 70.7 Å². The second-order valence-electron chi connectivity index (χ2n) is 4.84. The Balaban J connectivity index is 2.19. The van der Waals surface area contributed by atoms with Crippen molar-refractivity contribution < 1.29 is 14.7 Å². The molecule has 21 heavy (non-hydrogen) atoms. The van der Waals surface area contributed by atoms with Gasteiger partial charge in [0.25, 0.3) is 0 Å². The molecule has 2 aromatic carbocycles. The fourth-order valence-corrected chi connectivity index (χ4v) is 2.44. The summed E-state index contributed by atoms with van der Waals surface area (Å²) in [6, 6.07) is 15.9. The molecule has 0 aliphatic heterocycles. The number of hydrogen-bond donors (Lipinski definition) is 1. The zero-order chi connectivity index (χ0) is 15.2. The maximum Gasteiger partial charge on any atom is 0.303 e. The summed E-state index contributed by atoms with van der Waals surface area (Å²) in [5, 5.41) is 9.54. The van der Waals surface area contributed by atoms with Gasteiger partial charge in [0.05, 0.1) is 6.42 Å². The Morgan fingerprint density at radius 2 is 1.71 bits per heavy atom. The third-order valence-corrected chi connectivity index (χ3v) is 3.51. The van der Waals surface area contributed by atoms with Gasteiger partial charge in [0.2, 0.25) is 0 Å². The maximum absolute atomic E-state index is 12.3. The summed E-state index contributed by atoms with van der Waals surface area (Å²) in [5.41, 5.74) is 1.36. The van der Waals surface area contributed by atoms with Crippen molar-refractivity contribution in [1.82, 2.24) is 0 Å². The van der Waals surface area contributed by atoms with Gasteiger partial charge >= 0.3 is 5.97 Å². The number of carboxylic acids is 1. The highest BCUT2D eigenvalue weighted by molar-refractivity contribution is 6.31. The predicted octanol–water partition coefficient (Wildman–Crippen LogP) is 4.17. The summed E-state index contributed by atoms with van der Waals surface area (Å²) in [6.07, 6.45) is 0.0764. The van der Waals surface area contributed by atoms with Crippen LogP contribution in [0.15, 0.2) is 54.6 Å². The number of rotatable bonds is 6. The molecule has 0 amide bonds. The molecule has 0 aliphatic carbocycles. The number of hydrogen-bond acceptors (Lipinski definition) is 2. The number of carbonyl (C=O) groups excluding carboxylic acids is 1. The summed E-state index contributed by atoms with van der Waals surface area (Å²) in [5.74, 6) is -1.36. The SMILES string of the molecule is O=C(O)CC(CC(=O)c1cccc(Cl)c1)c1ccccc1. The van der Waals surface area contributed by atoms with Gasteiger partial charge in [-0.1, -0.05) is 54.1 Å². The minimum Gasteiger partial charge on any atom is -0.481 e. The van der Waals surface area contributed by atoms with Crippen LogP contribution in [-0.2, 0) is 4.79 Å². The summed E-state index contributed by atoms with van der Waals surface area (Å²) in [7, 11) is 0. The van der Waals surface area contributed by atoms with E-state index in [-0.39, 0.29) is 24.5 Å². The Morgan fingerprint density at radius 1 is 1.00 bits per heavy atom. The van der Waals surface area contributed by atoms with Crippen LogP contribution in [0.25, 0.3) is 0 Å². The smallest absolute Gasteiger partial charge is 0.303 e. The van der Waals surface area contributed by atoms with Gasteiger partial charge in [0, 0.05) is 22.9 Å². The first kappa shape index (κ1) is 15.3. The van der Waals surface area contributed by atoms with Gasteiger partial charge in [0.1, 0.15) is 0 Å². The second-order valence-corrected chi connectivity index (χ2v) is 5.28. The molecule has 0 saturated heterocycles.